The van der Waals surface area contributed by atoms with Gasteiger partial charge in [-0.05, 0) is 64.7 Å². The molecule has 26 heavy (non-hydrogen) atoms. The molecule has 0 atom stereocenters. The van der Waals surface area contributed by atoms with E-state index in [-0.39, 0.29) is 29.3 Å². The molecule has 6 heteroatoms. The van der Waals surface area contributed by atoms with E-state index in [2.05, 4.69) is 15.5 Å². The van der Waals surface area contributed by atoms with Crippen LogP contribution in [0, 0.1) is 5.41 Å². The molecule has 0 aromatic carbocycles. The Kier molecular flexibility index (Phi) is 8.65. The van der Waals surface area contributed by atoms with Crippen molar-refractivity contribution in [1.82, 2.24) is 15.5 Å². The summed E-state index contributed by atoms with van der Waals surface area (Å²) >= 11 is 0. The zero-order chi connectivity index (χ0) is 17.6. The van der Waals surface area contributed by atoms with Crippen LogP contribution in [0.15, 0.2) is 0 Å². The van der Waals surface area contributed by atoms with Crippen LogP contribution in [-0.2, 0) is 9.53 Å². The van der Waals surface area contributed by atoms with Crippen LogP contribution in [0.2, 0.25) is 0 Å². The summed E-state index contributed by atoms with van der Waals surface area (Å²) in [6, 6.07) is 0. The number of piperidine rings is 2. The molecule has 0 bridgehead atoms. The second-order valence-corrected chi connectivity index (χ2v) is 8.48. The Balaban J connectivity index is 0.00000243. The van der Waals surface area contributed by atoms with Crippen LogP contribution in [0.1, 0.15) is 64.2 Å². The molecule has 152 valence electrons. The van der Waals surface area contributed by atoms with Gasteiger partial charge < -0.3 is 15.4 Å². The number of methoxy groups -OCH3 is 1. The van der Waals surface area contributed by atoms with E-state index in [9.17, 15) is 4.79 Å². The van der Waals surface area contributed by atoms with Gasteiger partial charge in [0.2, 0.25) is 5.91 Å². The standard InChI is InChI=1S/C20H37N3O2.ClH/c1-25-17-19(10-12-21-13-11-19)18(24)22-16-20(8-4-2-5-9-20)23-14-6-3-7-15-23;/h21H,2-17H2,1H3,(H,22,24);1H. The number of carbonyl (C=O) groups excluding carboxylic acids is 1. The fraction of sp³-hybridized carbons (Fsp3) is 0.950. The van der Waals surface area contributed by atoms with Crippen LogP contribution < -0.4 is 10.6 Å². The molecular formula is C20H38ClN3O2. The maximum Gasteiger partial charge on any atom is 0.228 e. The van der Waals surface area contributed by atoms with Gasteiger partial charge in [-0.3, -0.25) is 9.69 Å². The highest BCUT2D eigenvalue weighted by atomic mass is 35.5. The molecule has 0 radical (unpaired) electrons. The van der Waals surface area contributed by atoms with Crippen molar-refractivity contribution in [2.45, 2.75) is 69.7 Å². The van der Waals surface area contributed by atoms with E-state index in [1.807, 2.05) is 0 Å². The maximum absolute atomic E-state index is 13.1. The second-order valence-electron chi connectivity index (χ2n) is 8.48. The molecule has 0 aromatic rings. The molecule has 2 aliphatic heterocycles. The number of rotatable bonds is 6. The van der Waals surface area contributed by atoms with Crippen LogP contribution >= 0.6 is 12.4 Å². The third kappa shape index (κ3) is 4.92. The van der Waals surface area contributed by atoms with Gasteiger partial charge in [-0.25, -0.2) is 0 Å². The minimum atomic E-state index is -0.336. The summed E-state index contributed by atoms with van der Waals surface area (Å²) in [5, 5.41) is 6.77. The van der Waals surface area contributed by atoms with Gasteiger partial charge in [-0.2, -0.15) is 0 Å². The van der Waals surface area contributed by atoms with E-state index in [1.165, 1.54) is 64.5 Å². The molecular weight excluding hydrogens is 350 g/mol. The largest absolute Gasteiger partial charge is 0.384 e. The molecule has 2 saturated heterocycles. The lowest BCUT2D eigenvalue weighted by atomic mass is 9.77. The van der Waals surface area contributed by atoms with E-state index in [1.54, 1.807) is 7.11 Å². The Morgan fingerprint density at radius 3 is 2.23 bits per heavy atom. The minimum Gasteiger partial charge on any atom is -0.384 e. The first-order chi connectivity index (χ1) is 12.2. The Bertz CT molecular complexity index is 423. The average Bonchev–Trinajstić information content (AvgIpc) is 2.68. The number of amides is 1. The van der Waals surface area contributed by atoms with Crippen molar-refractivity contribution in [3.8, 4) is 0 Å². The third-order valence-electron chi connectivity index (χ3n) is 6.85. The number of hydrogen-bond acceptors (Lipinski definition) is 4. The van der Waals surface area contributed by atoms with E-state index >= 15 is 0 Å². The third-order valence-corrected chi connectivity index (χ3v) is 6.85. The van der Waals surface area contributed by atoms with Crippen molar-refractivity contribution in [3.63, 3.8) is 0 Å². The molecule has 3 fully saturated rings. The van der Waals surface area contributed by atoms with Crippen molar-refractivity contribution in [1.29, 1.82) is 0 Å². The van der Waals surface area contributed by atoms with Gasteiger partial charge >= 0.3 is 0 Å². The minimum absolute atomic E-state index is 0. The van der Waals surface area contributed by atoms with E-state index in [4.69, 9.17) is 4.74 Å². The monoisotopic (exact) mass is 387 g/mol. The van der Waals surface area contributed by atoms with Gasteiger partial charge in [-0.15, -0.1) is 12.4 Å². The molecule has 1 saturated carbocycles. The summed E-state index contributed by atoms with van der Waals surface area (Å²) in [6.07, 6.45) is 12.2. The highest BCUT2D eigenvalue weighted by Gasteiger charge is 2.43. The summed E-state index contributed by atoms with van der Waals surface area (Å²) in [5.74, 6) is 0.220. The van der Waals surface area contributed by atoms with Gasteiger partial charge in [0.05, 0.1) is 12.0 Å². The molecule has 5 nitrogen and oxygen atoms in total. The molecule has 1 amide bonds. The van der Waals surface area contributed by atoms with Crippen molar-refractivity contribution >= 4 is 18.3 Å². The number of hydrogen-bond donors (Lipinski definition) is 2. The topological polar surface area (TPSA) is 53.6 Å². The zero-order valence-corrected chi connectivity index (χ0v) is 17.3. The Hall–Kier alpha value is -0.360. The van der Waals surface area contributed by atoms with Gasteiger partial charge in [0.1, 0.15) is 0 Å². The number of likely N-dealkylation sites (tertiary alicyclic amines) is 1. The molecule has 3 rings (SSSR count). The number of ether oxygens (including phenoxy) is 1. The zero-order valence-electron chi connectivity index (χ0n) is 16.5. The van der Waals surface area contributed by atoms with Crippen LogP contribution in [0.3, 0.4) is 0 Å². The van der Waals surface area contributed by atoms with E-state index in [0.29, 0.717) is 6.61 Å². The maximum atomic E-state index is 13.1. The van der Waals surface area contributed by atoms with Crippen molar-refractivity contribution < 1.29 is 9.53 Å². The quantitative estimate of drug-likeness (QED) is 0.735. The van der Waals surface area contributed by atoms with Crippen molar-refractivity contribution in [2.24, 2.45) is 5.41 Å². The number of carbonyl (C=O) groups is 1. The molecule has 3 aliphatic rings. The lowest BCUT2D eigenvalue weighted by molar-refractivity contribution is -0.137. The van der Waals surface area contributed by atoms with Crippen LogP contribution in [0.5, 0.6) is 0 Å². The highest BCUT2D eigenvalue weighted by molar-refractivity contribution is 5.85. The van der Waals surface area contributed by atoms with Crippen molar-refractivity contribution in [2.75, 3.05) is 46.4 Å². The highest BCUT2D eigenvalue weighted by Crippen LogP contribution is 2.36. The summed E-state index contributed by atoms with van der Waals surface area (Å²) in [5.41, 5.74) is -0.132. The fourth-order valence-corrected chi connectivity index (χ4v) is 5.23. The van der Waals surface area contributed by atoms with Gasteiger partial charge in [0.15, 0.2) is 0 Å². The molecule has 1 aliphatic carbocycles. The SMILES string of the molecule is COCC1(C(=O)NCC2(N3CCCCC3)CCCCC2)CCNCC1.Cl. The van der Waals surface area contributed by atoms with E-state index in [0.717, 1.165) is 32.5 Å². The summed E-state index contributed by atoms with van der Waals surface area (Å²) in [4.78, 5) is 15.8. The van der Waals surface area contributed by atoms with Crippen LogP contribution in [0.4, 0.5) is 0 Å². The average molecular weight is 388 g/mol. The second kappa shape index (κ2) is 10.3. The normalized spacial score (nSPS) is 25.9. The molecule has 0 aromatic heterocycles. The smallest absolute Gasteiger partial charge is 0.228 e. The van der Waals surface area contributed by atoms with Crippen LogP contribution in [0.25, 0.3) is 0 Å². The molecule has 2 N–H and O–H groups in total. The molecule has 2 heterocycles. The van der Waals surface area contributed by atoms with Gasteiger partial charge in [0, 0.05) is 19.2 Å². The summed E-state index contributed by atoms with van der Waals surface area (Å²) < 4.78 is 5.44. The lowest BCUT2D eigenvalue weighted by Crippen LogP contribution is -2.60. The van der Waals surface area contributed by atoms with Crippen LogP contribution in [-0.4, -0.2) is 62.8 Å². The van der Waals surface area contributed by atoms with Gasteiger partial charge in [-0.1, -0.05) is 25.7 Å². The lowest BCUT2D eigenvalue weighted by Gasteiger charge is -2.49. The van der Waals surface area contributed by atoms with Gasteiger partial charge in [0.25, 0.3) is 0 Å². The number of nitrogens with one attached hydrogen (secondary N) is 2. The number of halogens is 1. The predicted octanol–water partition coefficient (Wildman–Crippen LogP) is 2.73. The molecule has 0 spiro atoms. The summed E-state index contributed by atoms with van der Waals surface area (Å²) in [7, 11) is 1.72. The number of nitrogens with zero attached hydrogens (tertiary/aromatic N) is 1. The Morgan fingerprint density at radius 1 is 1.00 bits per heavy atom. The molecule has 0 unspecified atom stereocenters. The first-order valence-electron chi connectivity index (χ1n) is 10.4. The summed E-state index contributed by atoms with van der Waals surface area (Å²) in [6.45, 7) is 5.61. The fourth-order valence-electron chi connectivity index (χ4n) is 5.23. The Morgan fingerprint density at radius 2 is 1.62 bits per heavy atom. The van der Waals surface area contributed by atoms with E-state index < -0.39 is 0 Å². The first-order valence-corrected chi connectivity index (χ1v) is 10.4. The first kappa shape index (κ1) is 21.9. The van der Waals surface area contributed by atoms with Crippen molar-refractivity contribution in [3.05, 3.63) is 0 Å². The Labute approximate surface area is 165 Å². The predicted molar refractivity (Wildman–Crippen MR) is 108 cm³/mol.